The van der Waals surface area contributed by atoms with Crippen molar-refractivity contribution in [2.75, 3.05) is 11.1 Å². The van der Waals surface area contributed by atoms with Crippen molar-refractivity contribution in [3.05, 3.63) is 59.8 Å². The monoisotopic (exact) mass is 311 g/mol. The summed E-state index contributed by atoms with van der Waals surface area (Å²) >= 11 is 0. The van der Waals surface area contributed by atoms with Crippen molar-refractivity contribution in [2.24, 2.45) is 4.99 Å². The first-order valence-corrected chi connectivity index (χ1v) is 6.87. The maximum atomic E-state index is 14.1. The number of nitrogens with one attached hydrogen (secondary N) is 2. The van der Waals surface area contributed by atoms with Crippen LogP contribution in [0.4, 0.5) is 25.8 Å². The zero-order chi connectivity index (χ0) is 16.0. The van der Waals surface area contributed by atoms with Crippen molar-refractivity contribution in [3.8, 4) is 11.3 Å². The van der Waals surface area contributed by atoms with Gasteiger partial charge in [0.1, 0.15) is 23.2 Å². The van der Waals surface area contributed by atoms with Gasteiger partial charge in [-0.1, -0.05) is 6.07 Å². The topological polar surface area (TPSA) is 79.1 Å². The van der Waals surface area contributed by atoms with Crippen molar-refractivity contribution < 1.29 is 8.78 Å². The summed E-state index contributed by atoms with van der Waals surface area (Å²) in [7, 11) is 0. The summed E-state index contributed by atoms with van der Waals surface area (Å²) in [6, 6.07) is 8.89. The second-order valence-electron chi connectivity index (χ2n) is 5.12. The zero-order valence-corrected chi connectivity index (χ0v) is 11.8. The predicted octanol–water partition coefficient (Wildman–Crippen LogP) is 3.44. The van der Waals surface area contributed by atoms with Crippen LogP contribution in [-0.4, -0.2) is 16.0 Å². The summed E-state index contributed by atoms with van der Waals surface area (Å²) in [6.45, 7) is 0. The Labute approximate surface area is 129 Å². The Bertz CT molecular complexity index is 925. The Morgan fingerprint density at radius 3 is 2.61 bits per heavy atom. The molecule has 0 aliphatic carbocycles. The number of H-pyrrole nitrogens is 1. The lowest BCUT2D eigenvalue weighted by atomic mass is 10.1. The van der Waals surface area contributed by atoms with E-state index in [9.17, 15) is 8.78 Å². The van der Waals surface area contributed by atoms with E-state index in [0.717, 1.165) is 5.56 Å². The summed E-state index contributed by atoms with van der Waals surface area (Å²) in [5.41, 5.74) is 8.61. The van der Waals surface area contributed by atoms with Gasteiger partial charge in [-0.25, -0.2) is 13.8 Å². The average molecular weight is 311 g/mol. The minimum absolute atomic E-state index is 0.0626. The normalized spacial score (nSPS) is 12.7. The van der Waals surface area contributed by atoms with E-state index in [-0.39, 0.29) is 11.4 Å². The number of halogens is 2. The van der Waals surface area contributed by atoms with Crippen molar-refractivity contribution in [1.29, 1.82) is 0 Å². The number of fused-ring (bicyclic) bond motifs is 3. The van der Waals surface area contributed by atoms with Gasteiger partial charge in [-0.3, -0.25) is 5.10 Å². The Morgan fingerprint density at radius 2 is 1.83 bits per heavy atom. The van der Waals surface area contributed by atoms with Crippen LogP contribution in [0.3, 0.4) is 0 Å². The van der Waals surface area contributed by atoms with Gasteiger partial charge in [0.15, 0.2) is 0 Å². The molecule has 2 heterocycles. The van der Waals surface area contributed by atoms with Gasteiger partial charge in [0.05, 0.1) is 23.1 Å². The highest BCUT2D eigenvalue weighted by Gasteiger charge is 2.22. The number of anilines is 2. The maximum absolute atomic E-state index is 14.1. The molecule has 0 fully saturated rings. The van der Waals surface area contributed by atoms with Crippen LogP contribution >= 0.6 is 0 Å². The summed E-state index contributed by atoms with van der Waals surface area (Å²) in [5, 5.41) is 9.78. The number of benzene rings is 2. The average Bonchev–Trinajstić information content (AvgIpc) is 2.90. The molecule has 4 N–H and O–H groups in total. The molecule has 4 rings (SSSR count). The van der Waals surface area contributed by atoms with Crippen molar-refractivity contribution in [1.82, 2.24) is 10.2 Å². The molecule has 114 valence electrons. The minimum atomic E-state index is -0.700. The first kappa shape index (κ1) is 13.4. The number of amidine groups is 1. The number of nitrogen functional groups attached to an aromatic ring is 1. The quantitative estimate of drug-likeness (QED) is 0.602. The van der Waals surface area contributed by atoms with E-state index in [2.05, 4.69) is 20.5 Å². The van der Waals surface area contributed by atoms with E-state index in [1.165, 1.54) is 24.4 Å². The van der Waals surface area contributed by atoms with Crippen LogP contribution in [0.2, 0.25) is 0 Å². The molecule has 1 aromatic heterocycles. The van der Waals surface area contributed by atoms with E-state index in [4.69, 9.17) is 5.73 Å². The number of aliphatic imine (C=N–C) groups is 1. The number of aromatic nitrogens is 2. The minimum Gasteiger partial charge on any atom is -0.399 e. The fourth-order valence-electron chi connectivity index (χ4n) is 2.56. The number of hydrogen-bond donors (Lipinski definition) is 3. The Balaban J connectivity index is 1.98. The molecule has 0 bridgehead atoms. The fourth-order valence-corrected chi connectivity index (χ4v) is 2.56. The molecule has 0 spiro atoms. The summed E-state index contributed by atoms with van der Waals surface area (Å²) < 4.78 is 28.2. The van der Waals surface area contributed by atoms with E-state index in [1.54, 1.807) is 18.2 Å². The van der Waals surface area contributed by atoms with Crippen LogP contribution in [0.25, 0.3) is 11.3 Å². The summed E-state index contributed by atoms with van der Waals surface area (Å²) in [6.07, 6.45) is 1.50. The molecule has 0 saturated heterocycles. The molecule has 5 nitrogen and oxygen atoms in total. The van der Waals surface area contributed by atoms with Crippen molar-refractivity contribution in [2.45, 2.75) is 0 Å². The molecule has 0 amide bonds. The largest absolute Gasteiger partial charge is 0.399 e. The van der Waals surface area contributed by atoms with Gasteiger partial charge in [-0.05, 0) is 30.3 Å². The first-order valence-electron chi connectivity index (χ1n) is 6.87. The lowest BCUT2D eigenvalue weighted by molar-refractivity contribution is 0.579. The molecule has 23 heavy (non-hydrogen) atoms. The smallest absolute Gasteiger partial charge is 0.144 e. The van der Waals surface area contributed by atoms with Gasteiger partial charge in [-0.15, -0.1) is 0 Å². The van der Waals surface area contributed by atoms with Gasteiger partial charge < -0.3 is 11.1 Å². The van der Waals surface area contributed by atoms with Crippen LogP contribution in [0.5, 0.6) is 0 Å². The Morgan fingerprint density at radius 1 is 1.04 bits per heavy atom. The number of hydrogen-bond acceptors (Lipinski definition) is 4. The Kier molecular flexibility index (Phi) is 2.87. The SMILES string of the molecule is Nc1ccc2c(c1)NC(c1c(F)cccc1F)=Nc1cn[nH]c1-2. The van der Waals surface area contributed by atoms with E-state index >= 15 is 0 Å². The third kappa shape index (κ3) is 2.13. The van der Waals surface area contributed by atoms with Crippen LogP contribution in [-0.2, 0) is 0 Å². The van der Waals surface area contributed by atoms with Gasteiger partial charge in [0, 0.05) is 11.3 Å². The third-order valence-electron chi connectivity index (χ3n) is 3.62. The maximum Gasteiger partial charge on any atom is 0.144 e. The van der Waals surface area contributed by atoms with Crippen LogP contribution in [0.15, 0.2) is 47.6 Å². The highest BCUT2D eigenvalue weighted by atomic mass is 19.1. The highest BCUT2D eigenvalue weighted by Crippen LogP contribution is 2.37. The van der Waals surface area contributed by atoms with E-state index < -0.39 is 11.6 Å². The van der Waals surface area contributed by atoms with Crippen molar-refractivity contribution in [3.63, 3.8) is 0 Å². The first-order chi connectivity index (χ1) is 11.1. The molecule has 3 aromatic rings. The molecule has 0 radical (unpaired) electrons. The fraction of sp³-hybridized carbons (Fsp3) is 0. The third-order valence-corrected chi connectivity index (χ3v) is 3.62. The number of nitrogens with zero attached hydrogens (tertiary/aromatic N) is 2. The van der Waals surface area contributed by atoms with Gasteiger partial charge in [0.25, 0.3) is 0 Å². The molecule has 2 aromatic carbocycles. The molecular weight excluding hydrogens is 300 g/mol. The van der Waals surface area contributed by atoms with E-state index in [1.807, 2.05) is 0 Å². The van der Waals surface area contributed by atoms with Gasteiger partial charge in [0.2, 0.25) is 0 Å². The second kappa shape index (κ2) is 4.91. The van der Waals surface area contributed by atoms with Crippen LogP contribution in [0, 0.1) is 11.6 Å². The summed E-state index contributed by atoms with van der Waals surface area (Å²) in [5.74, 6) is -1.34. The number of aromatic amines is 1. The molecule has 1 aliphatic heterocycles. The lowest BCUT2D eigenvalue weighted by Crippen LogP contribution is -2.17. The molecule has 1 aliphatic rings. The molecule has 0 atom stereocenters. The zero-order valence-electron chi connectivity index (χ0n) is 11.8. The van der Waals surface area contributed by atoms with Gasteiger partial charge >= 0.3 is 0 Å². The number of rotatable bonds is 1. The van der Waals surface area contributed by atoms with Crippen LogP contribution < -0.4 is 11.1 Å². The number of nitrogens with two attached hydrogens (primary N) is 1. The molecule has 7 heteroatoms. The van der Waals surface area contributed by atoms with E-state index in [0.29, 0.717) is 22.8 Å². The standard InChI is InChI=1S/C16H11F2N5/c17-10-2-1-3-11(18)14(10)16-21-12-6-8(19)4-5-9(12)15-13(22-16)7-20-23-15/h1-7H,19H2,(H,20,23)(H,21,22). The molecule has 0 saturated carbocycles. The molecule has 0 unspecified atom stereocenters. The van der Waals surface area contributed by atoms with Crippen LogP contribution in [0.1, 0.15) is 5.56 Å². The second-order valence-corrected chi connectivity index (χ2v) is 5.12. The predicted molar refractivity (Wildman–Crippen MR) is 84.6 cm³/mol. The van der Waals surface area contributed by atoms with Crippen molar-refractivity contribution >= 4 is 22.9 Å². The summed E-state index contributed by atoms with van der Waals surface area (Å²) in [4.78, 5) is 4.33. The molecular formula is C16H11F2N5. The Hall–Kier alpha value is -3.22. The van der Waals surface area contributed by atoms with Gasteiger partial charge in [-0.2, -0.15) is 5.10 Å². The lowest BCUT2D eigenvalue weighted by Gasteiger charge is -2.12. The highest BCUT2D eigenvalue weighted by molar-refractivity contribution is 6.13.